The molecule has 3 aromatic rings. The molecule has 0 saturated heterocycles. The van der Waals surface area contributed by atoms with E-state index < -0.39 is 0 Å². The van der Waals surface area contributed by atoms with Crippen LogP contribution in [0.15, 0.2) is 36.0 Å². The fourth-order valence-corrected chi connectivity index (χ4v) is 3.06. The summed E-state index contributed by atoms with van der Waals surface area (Å²) >= 11 is 7.53. The monoisotopic (exact) mass is 305 g/mol. The van der Waals surface area contributed by atoms with Gasteiger partial charge in [-0.1, -0.05) is 23.7 Å². The Labute approximate surface area is 125 Å². The normalized spacial score (nSPS) is 10.9. The van der Waals surface area contributed by atoms with Crippen molar-refractivity contribution in [3.05, 3.63) is 41.0 Å². The molecule has 0 fully saturated rings. The number of aromatic nitrogens is 2. The molecule has 0 saturated carbocycles. The number of hydrogen-bond acceptors (Lipinski definition) is 5. The molecule has 20 heavy (non-hydrogen) atoms. The van der Waals surface area contributed by atoms with Gasteiger partial charge in [-0.2, -0.15) is 0 Å². The minimum Gasteiger partial charge on any atom is -0.276 e. The molecule has 0 aliphatic rings. The van der Waals surface area contributed by atoms with Crippen LogP contribution < -0.4 is 5.06 Å². The van der Waals surface area contributed by atoms with Gasteiger partial charge >= 0.3 is 0 Å². The predicted molar refractivity (Wildman–Crippen MR) is 83.3 cm³/mol. The molecular formula is C14H12ClN3OS. The quantitative estimate of drug-likeness (QED) is 0.685. The first-order chi connectivity index (χ1) is 9.70. The zero-order valence-electron chi connectivity index (χ0n) is 11.0. The van der Waals surface area contributed by atoms with Crippen LogP contribution in [0.1, 0.15) is 0 Å². The predicted octanol–water partition coefficient (Wildman–Crippen LogP) is 4.01. The minimum atomic E-state index is 0.721. The van der Waals surface area contributed by atoms with Crippen molar-refractivity contribution >= 4 is 39.0 Å². The lowest BCUT2D eigenvalue weighted by Gasteiger charge is -2.16. The smallest absolute Gasteiger partial charge is 0.164 e. The highest BCUT2D eigenvalue weighted by atomic mass is 35.5. The number of rotatable bonds is 3. The molecule has 0 radical (unpaired) electrons. The van der Waals surface area contributed by atoms with Gasteiger partial charge < -0.3 is 0 Å². The summed E-state index contributed by atoms with van der Waals surface area (Å²) in [6, 6.07) is 7.74. The first-order valence-corrected chi connectivity index (χ1v) is 7.22. The number of anilines is 1. The van der Waals surface area contributed by atoms with Crippen LogP contribution in [0, 0.1) is 0 Å². The second kappa shape index (κ2) is 5.36. The van der Waals surface area contributed by atoms with Gasteiger partial charge in [0.15, 0.2) is 5.82 Å². The molecule has 6 heteroatoms. The van der Waals surface area contributed by atoms with Crippen molar-refractivity contribution in [1.82, 2.24) is 9.97 Å². The van der Waals surface area contributed by atoms with Gasteiger partial charge in [0.1, 0.15) is 11.2 Å². The van der Waals surface area contributed by atoms with Gasteiger partial charge in [0, 0.05) is 23.0 Å². The third-order valence-electron chi connectivity index (χ3n) is 3.08. The Morgan fingerprint density at radius 1 is 1.20 bits per heavy atom. The van der Waals surface area contributed by atoms with E-state index in [-0.39, 0.29) is 0 Å². The summed E-state index contributed by atoms with van der Waals surface area (Å²) in [6.07, 6.45) is 1.55. The Bertz CT molecular complexity index is 742. The fourth-order valence-electron chi connectivity index (χ4n) is 2.03. The largest absolute Gasteiger partial charge is 0.276 e. The van der Waals surface area contributed by atoms with Crippen molar-refractivity contribution in [2.75, 3.05) is 19.2 Å². The van der Waals surface area contributed by atoms with Crippen LogP contribution in [-0.2, 0) is 4.84 Å². The molecule has 4 nitrogen and oxygen atoms in total. The molecule has 0 amide bonds. The second-order valence-electron chi connectivity index (χ2n) is 4.21. The van der Waals surface area contributed by atoms with Crippen molar-refractivity contribution in [2.45, 2.75) is 0 Å². The van der Waals surface area contributed by atoms with Crippen LogP contribution >= 0.6 is 22.9 Å². The lowest BCUT2D eigenvalue weighted by atomic mass is 10.1. The first-order valence-electron chi connectivity index (χ1n) is 5.96. The average molecular weight is 306 g/mol. The van der Waals surface area contributed by atoms with Crippen molar-refractivity contribution < 1.29 is 4.84 Å². The molecule has 0 aliphatic carbocycles. The Morgan fingerprint density at radius 2 is 1.95 bits per heavy atom. The van der Waals surface area contributed by atoms with Gasteiger partial charge in [0.05, 0.1) is 12.5 Å². The Morgan fingerprint density at radius 3 is 2.65 bits per heavy atom. The number of thiophene rings is 1. The van der Waals surface area contributed by atoms with Crippen LogP contribution in [0.25, 0.3) is 21.3 Å². The summed E-state index contributed by atoms with van der Waals surface area (Å²) in [6.45, 7) is 0. The highest BCUT2D eigenvalue weighted by Crippen LogP contribution is 2.37. The molecule has 0 aliphatic heterocycles. The van der Waals surface area contributed by atoms with Crippen LogP contribution in [0.2, 0.25) is 5.02 Å². The third-order valence-corrected chi connectivity index (χ3v) is 4.22. The van der Waals surface area contributed by atoms with Gasteiger partial charge in [0.2, 0.25) is 0 Å². The van der Waals surface area contributed by atoms with E-state index in [1.54, 1.807) is 29.8 Å². The Kier molecular flexibility index (Phi) is 3.56. The summed E-state index contributed by atoms with van der Waals surface area (Å²) in [5.41, 5.74) is 2.17. The molecular weight excluding hydrogens is 294 g/mol. The van der Waals surface area contributed by atoms with Gasteiger partial charge in [-0.05, 0) is 17.7 Å². The summed E-state index contributed by atoms with van der Waals surface area (Å²) in [5, 5.41) is 5.43. The molecule has 102 valence electrons. The minimum absolute atomic E-state index is 0.721. The molecule has 3 rings (SSSR count). The van der Waals surface area contributed by atoms with E-state index in [1.807, 2.05) is 31.3 Å². The number of hydrogen-bond donors (Lipinski definition) is 0. The summed E-state index contributed by atoms with van der Waals surface area (Å²) in [4.78, 5) is 14.8. The standard InChI is InChI=1S/C14H12ClN3OS/c1-18(19-2)13-12-11(7-20-14(12)17-8-16-13)9-3-5-10(15)6-4-9/h3-8H,1-2H3. The van der Waals surface area contributed by atoms with Crippen molar-refractivity contribution in [3.63, 3.8) is 0 Å². The number of nitrogens with zero attached hydrogens (tertiary/aromatic N) is 3. The van der Waals surface area contributed by atoms with E-state index in [4.69, 9.17) is 16.4 Å². The molecule has 0 N–H and O–H groups in total. The highest BCUT2D eigenvalue weighted by Gasteiger charge is 2.15. The van der Waals surface area contributed by atoms with Crippen molar-refractivity contribution in [1.29, 1.82) is 0 Å². The SMILES string of the molecule is CON(C)c1ncnc2scc(-c3ccc(Cl)cc3)c12. The molecule has 0 spiro atoms. The zero-order chi connectivity index (χ0) is 14.1. The molecule has 1 aromatic carbocycles. The van der Waals surface area contributed by atoms with Crippen LogP contribution in [0.4, 0.5) is 5.82 Å². The maximum atomic E-state index is 5.95. The topological polar surface area (TPSA) is 38.2 Å². The fraction of sp³-hybridized carbons (Fsp3) is 0.143. The van der Waals surface area contributed by atoms with Gasteiger partial charge in [-0.25, -0.2) is 15.0 Å². The van der Waals surface area contributed by atoms with Crippen LogP contribution in [0.3, 0.4) is 0 Å². The lowest BCUT2D eigenvalue weighted by Crippen LogP contribution is -2.16. The second-order valence-corrected chi connectivity index (χ2v) is 5.51. The van der Waals surface area contributed by atoms with Crippen molar-refractivity contribution in [2.24, 2.45) is 0 Å². The van der Waals surface area contributed by atoms with E-state index in [9.17, 15) is 0 Å². The molecule has 0 atom stereocenters. The average Bonchev–Trinajstić information content (AvgIpc) is 2.91. The highest BCUT2D eigenvalue weighted by molar-refractivity contribution is 7.17. The number of halogens is 1. The Hall–Kier alpha value is -1.69. The lowest BCUT2D eigenvalue weighted by molar-refractivity contribution is 0.183. The van der Waals surface area contributed by atoms with E-state index in [2.05, 4.69) is 15.3 Å². The van der Waals surface area contributed by atoms with Gasteiger partial charge in [-0.3, -0.25) is 4.84 Å². The third kappa shape index (κ3) is 2.24. The number of fused-ring (bicyclic) bond motifs is 1. The molecule has 2 heterocycles. The number of hydroxylamine groups is 1. The first kappa shape index (κ1) is 13.3. The van der Waals surface area contributed by atoms with Gasteiger partial charge in [-0.15, -0.1) is 11.3 Å². The van der Waals surface area contributed by atoms with E-state index in [0.29, 0.717) is 0 Å². The van der Waals surface area contributed by atoms with E-state index in [1.165, 1.54) is 0 Å². The number of benzene rings is 1. The molecule has 2 aromatic heterocycles. The van der Waals surface area contributed by atoms with Crippen LogP contribution in [0.5, 0.6) is 0 Å². The molecule has 0 bridgehead atoms. The Balaban J connectivity index is 2.23. The van der Waals surface area contributed by atoms with Crippen molar-refractivity contribution in [3.8, 4) is 11.1 Å². The summed E-state index contributed by atoms with van der Waals surface area (Å²) < 4.78 is 0. The van der Waals surface area contributed by atoms with Crippen LogP contribution in [-0.4, -0.2) is 24.1 Å². The van der Waals surface area contributed by atoms with E-state index in [0.717, 1.165) is 32.2 Å². The zero-order valence-corrected chi connectivity index (χ0v) is 12.6. The maximum absolute atomic E-state index is 5.95. The summed E-state index contributed by atoms with van der Waals surface area (Å²) in [7, 11) is 3.44. The maximum Gasteiger partial charge on any atom is 0.164 e. The molecule has 0 unspecified atom stereocenters. The summed E-state index contributed by atoms with van der Waals surface area (Å²) in [5.74, 6) is 0.753. The van der Waals surface area contributed by atoms with E-state index >= 15 is 0 Å². The van der Waals surface area contributed by atoms with Gasteiger partial charge in [0.25, 0.3) is 0 Å².